The summed E-state index contributed by atoms with van der Waals surface area (Å²) >= 11 is 0. The maximum absolute atomic E-state index is 12.2. The van der Waals surface area contributed by atoms with E-state index in [4.69, 9.17) is 4.74 Å². The van der Waals surface area contributed by atoms with E-state index in [9.17, 15) is 4.79 Å². The molecule has 2 aromatic carbocycles. The van der Waals surface area contributed by atoms with E-state index in [1.807, 2.05) is 67.5 Å². The molecule has 0 unspecified atom stereocenters. The van der Waals surface area contributed by atoms with Crippen LogP contribution in [0.15, 0.2) is 59.7 Å². The molecule has 0 aliphatic rings. The van der Waals surface area contributed by atoms with Crippen molar-refractivity contribution in [2.75, 3.05) is 26.1 Å². The van der Waals surface area contributed by atoms with E-state index in [0.717, 1.165) is 22.6 Å². The molecule has 0 aliphatic heterocycles. The second kappa shape index (κ2) is 8.18. The number of anilines is 1. The van der Waals surface area contributed by atoms with Crippen molar-refractivity contribution in [1.29, 1.82) is 0 Å². The molecule has 0 fully saturated rings. The molecule has 1 heterocycles. The number of ether oxygens (including phenoxy) is 1. The largest absolute Gasteiger partial charge is 0.497 e. The number of carbonyl (C=O) groups excluding carboxylic acids is 1. The first-order chi connectivity index (χ1) is 13.1. The van der Waals surface area contributed by atoms with Gasteiger partial charge in [-0.2, -0.15) is 10.2 Å². The normalized spacial score (nSPS) is 10.8. The summed E-state index contributed by atoms with van der Waals surface area (Å²) < 4.78 is 5.14. The van der Waals surface area contributed by atoms with Crippen LogP contribution in [0.4, 0.5) is 5.69 Å². The van der Waals surface area contributed by atoms with Crippen LogP contribution in [0.1, 0.15) is 16.1 Å². The lowest BCUT2D eigenvalue weighted by Crippen LogP contribution is -2.18. The summed E-state index contributed by atoms with van der Waals surface area (Å²) in [6, 6.07) is 17.0. The minimum Gasteiger partial charge on any atom is -0.497 e. The van der Waals surface area contributed by atoms with Gasteiger partial charge in [-0.25, -0.2) is 5.43 Å². The molecule has 0 spiro atoms. The van der Waals surface area contributed by atoms with E-state index in [0.29, 0.717) is 11.4 Å². The zero-order valence-electron chi connectivity index (χ0n) is 15.4. The zero-order valence-corrected chi connectivity index (χ0v) is 15.4. The van der Waals surface area contributed by atoms with Crippen molar-refractivity contribution in [3.8, 4) is 17.0 Å². The van der Waals surface area contributed by atoms with Gasteiger partial charge in [-0.15, -0.1) is 0 Å². The zero-order chi connectivity index (χ0) is 19.2. The number of hydrogen-bond acceptors (Lipinski definition) is 5. The predicted octanol–water partition coefficient (Wildman–Crippen LogP) is 2.92. The van der Waals surface area contributed by atoms with Crippen LogP contribution in [0.5, 0.6) is 5.75 Å². The van der Waals surface area contributed by atoms with Gasteiger partial charge in [0.15, 0.2) is 0 Å². The van der Waals surface area contributed by atoms with Crippen molar-refractivity contribution in [2.24, 2.45) is 5.10 Å². The Bertz CT molecular complexity index is 928. The molecule has 0 saturated carbocycles. The fraction of sp³-hybridized carbons (Fsp3) is 0.150. The Labute approximate surface area is 157 Å². The first-order valence-corrected chi connectivity index (χ1v) is 8.37. The Balaban J connectivity index is 1.62. The van der Waals surface area contributed by atoms with Crippen LogP contribution in [0.2, 0.25) is 0 Å². The van der Waals surface area contributed by atoms with E-state index in [1.165, 1.54) is 0 Å². The summed E-state index contributed by atoms with van der Waals surface area (Å²) in [5.41, 5.74) is 6.38. The Kier molecular flexibility index (Phi) is 5.51. The Morgan fingerprint density at radius 2 is 1.85 bits per heavy atom. The van der Waals surface area contributed by atoms with Crippen LogP contribution in [-0.4, -0.2) is 43.5 Å². The number of aromatic nitrogens is 2. The lowest BCUT2D eigenvalue weighted by Gasteiger charge is -2.11. The number of amides is 1. The molecule has 7 heteroatoms. The number of hydrogen-bond donors (Lipinski definition) is 2. The highest BCUT2D eigenvalue weighted by molar-refractivity contribution is 5.94. The van der Waals surface area contributed by atoms with Gasteiger partial charge in [0.1, 0.15) is 11.4 Å². The fourth-order valence-corrected chi connectivity index (χ4v) is 2.43. The first-order valence-electron chi connectivity index (χ1n) is 8.37. The van der Waals surface area contributed by atoms with Gasteiger partial charge < -0.3 is 9.64 Å². The molecule has 0 atom stereocenters. The van der Waals surface area contributed by atoms with Gasteiger partial charge >= 0.3 is 0 Å². The highest BCUT2D eigenvalue weighted by atomic mass is 16.5. The minimum absolute atomic E-state index is 0.334. The second-order valence-electron chi connectivity index (χ2n) is 6.08. The first kappa shape index (κ1) is 18.2. The van der Waals surface area contributed by atoms with Crippen molar-refractivity contribution in [1.82, 2.24) is 15.6 Å². The molecule has 7 nitrogen and oxygen atoms in total. The lowest BCUT2D eigenvalue weighted by molar-refractivity contribution is 0.0950. The number of H-pyrrole nitrogens is 1. The van der Waals surface area contributed by atoms with Gasteiger partial charge in [0.25, 0.3) is 5.91 Å². The molecule has 0 aliphatic carbocycles. The summed E-state index contributed by atoms with van der Waals surface area (Å²) in [6.07, 6.45) is 1.60. The van der Waals surface area contributed by atoms with Gasteiger partial charge in [0.05, 0.1) is 19.0 Å². The number of hydrazone groups is 1. The quantitative estimate of drug-likeness (QED) is 0.521. The topological polar surface area (TPSA) is 82.6 Å². The minimum atomic E-state index is -0.358. The third kappa shape index (κ3) is 4.52. The molecule has 1 aromatic heterocycles. The van der Waals surface area contributed by atoms with Gasteiger partial charge in [-0.05, 0) is 48.0 Å². The molecule has 0 saturated heterocycles. The van der Waals surface area contributed by atoms with E-state index >= 15 is 0 Å². The molecule has 3 aromatic rings. The number of methoxy groups -OCH3 is 1. The molecular formula is C20H21N5O2. The van der Waals surface area contributed by atoms with Gasteiger partial charge in [0.2, 0.25) is 0 Å². The Hall–Kier alpha value is -3.61. The molecule has 0 bridgehead atoms. The van der Waals surface area contributed by atoms with Crippen molar-refractivity contribution < 1.29 is 9.53 Å². The Morgan fingerprint density at radius 3 is 2.48 bits per heavy atom. The Morgan fingerprint density at radius 1 is 1.15 bits per heavy atom. The average molecular weight is 363 g/mol. The van der Waals surface area contributed by atoms with Crippen LogP contribution in [0.3, 0.4) is 0 Å². The highest BCUT2D eigenvalue weighted by Gasteiger charge is 2.10. The number of rotatable bonds is 6. The molecule has 2 N–H and O–H groups in total. The standard InChI is InChI=1S/C20H21N5O2/c1-25(2)16-8-4-14(5-9-16)13-21-24-20(26)19-12-18(22-23-19)15-6-10-17(27-3)11-7-15/h4-13H,1-3H3,(H,22,23)(H,24,26). The number of carbonyl (C=O) groups is 1. The molecule has 0 radical (unpaired) electrons. The van der Waals surface area contributed by atoms with Crippen molar-refractivity contribution >= 4 is 17.8 Å². The third-order valence-electron chi connectivity index (χ3n) is 4.00. The average Bonchev–Trinajstić information content (AvgIpc) is 3.19. The second-order valence-corrected chi connectivity index (χ2v) is 6.08. The SMILES string of the molecule is COc1ccc(-c2cc(C(=O)NN=Cc3ccc(N(C)C)cc3)[nH]n2)cc1. The molecule has 138 valence electrons. The number of aromatic amines is 1. The predicted molar refractivity (Wildman–Crippen MR) is 106 cm³/mol. The maximum Gasteiger partial charge on any atom is 0.289 e. The molecule has 1 amide bonds. The number of benzene rings is 2. The molecule has 27 heavy (non-hydrogen) atoms. The highest BCUT2D eigenvalue weighted by Crippen LogP contribution is 2.21. The summed E-state index contributed by atoms with van der Waals surface area (Å²) in [4.78, 5) is 14.2. The van der Waals surface area contributed by atoms with Crippen molar-refractivity contribution in [3.63, 3.8) is 0 Å². The number of nitrogens with one attached hydrogen (secondary N) is 2. The monoisotopic (exact) mass is 363 g/mol. The fourth-order valence-electron chi connectivity index (χ4n) is 2.43. The van der Waals surface area contributed by atoms with E-state index < -0.39 is 0 Å². The van der Waals surface area contributed by atoms with Gasteiger partial charge in [-0.3, -0.25) is 9.89 Å². The van der Waals surface area contributed by atoms with Crippen molar-refractivity contribution in [2.45, 2.75) is 0 Å². The van der Waals surface area contributed by atoms with Gasteiger partial charge in [-0.1, -0.05) is 12.1 Å². The maximum atomic E-state index is 12.2. The number of nitrogens with zero attached hydrogens (tertiary/aromatic N) is 3. The van der Waals surface area contributed by atoms with E-state index in [1.54, 1.807) is 19.4 Å². The van der Waals surface area contributed by atoms with Crippen LogP contribution in [-0.2, 0) is 0 Å². The summed E-state index contributed by atoms with van der Waals surface area (Å²) in [5.74, 6) is 0.406. The van der Waals surface area contributed by atoms with Crippen LogP contribution < -0.4 is 15.1 Å². The smallest absolute Gasteiger partial charge is 0.289 e. The van der Waals surface area contributed by atoms with Gasteiger partial charge in [0, 0.05) is 25.3 Å². The molecule has 3 rings (SSSR count). The molecular weight excluding hydrogens is 342 g/mol. The third-order valence-corrected chi connectivity index (χ3v) is 4.00. The van der Waals surface area contributed by atoms with E-state index in [-0.39, 0.29) is 5.91 Å². The van der Waals surface area contributed by atoms with Crippen LogP contribution in [0.25, 0.3) is 11.3 Å². The summed E-state index contributed by atoms with van der Waals surface area (Å²) in [5, 5.41) is 10.9. The lowest BCUT2D eigenvalue weighted by atomic mass is 10.1. The van der Waals surface area contributed by atoms with E-state index in [2.05, 4.69) is 20.7 Å². The van der Waals surface area contributed by atoms with Crippen molar-refractivity contribution in [3.05, 3.63) is 65.9 Å². The van der Waals surface area contributed by atoms with Crippen LogP contribution in [0, 0.1) is 0 Å². The van der Waals surface area contributed by atoms with Crippen LogP contribution >= 0.6 is 0 Å². The summed E-state index contributed by atoms with van der Waals surface area (Å²) in [7, 11) is 5.57. The summed E-state index contributed by atoms with van der Waals surface area (Å²) in [6.45, 7) is 0.